The Morgan fingerprint density at radius 2 is 1.75 bits per heavy atom. The first kappa shape index (κ1) is 16.6. The standard InChI is InChI=1S/C12H24N6OS/c1-5-18(6-2)12-16-10(13-4)15-11(17-12)14-8-9-20(19)7-3/h5-9H2,1-4H3,(H2,13,14,15,16,17). The first-order valence-electron chi connectivity index (χ1n) is 6.92. The van der Waals surface area contributed by atoms with Crippen molar-refractivity contribution in [2.75, 3.05) is 53.7 Å². The molecule has 1 atom stereocenters. The van der Waals surface area contributed by atoms with Crippen molar-refractivity contribution in [2.45, 2.75) is 20.8 Å². The van der Waals surface area contributed by atoms with E-state index >= 15 is 0 Å². The van der Waals surface area contributed by atoms with Gasteiger partial charge in [0.1, 0.15) is 0 Å². The zero-order chi connectivity index (χ0) is 15.0. The zero-order valence-electron chi connectivity index (χ0n) is 12.6. The van der Waals surface area contributed by atoms with E-state index in [1.54, 1.807) is 7.05 Å². The van der Waals surface area contributed by atoms with Gasteiger partial charge in [-0.1, -0.05) is 6.92 Å². The van der Waals surface area contributed by atoms with Crippen LogP contribution in [0.15, 0.2) is 0 Å². The fraction of sp³-hybridized carbons (Fsp3) is 0.750. The minimum Gasteiger partial charge on any atom is -0.357 e. The van der Waals surface area contributed by atoms with Crippen molar-refractivity contribution >= 4 is 28.6 Å². The van der Waals surface area contributed by atoms with Gasteiger partial charge < -0.3 is 15.5 Å². The monoisotopic (exact) mass is 300 g/mol. The number of hydrogen-bond acceptors (Lipinski definition) is 7. The Labute approximate surface area is 123 Å². The smallest absolute Gasteiger partial charge is 0.231 e. The number of hydrogen-bond donors (Lipinski definition) is 2. The Kier molecular flexibility index (Phi) is 7.21. The molecular formula is C12H24N6OS. The van der Waals surface area contributed by atoms with E-state index in [4.69, 9.17) is 0 Å². The first-order chi connectivity index (χ1) is 9.64. The van der Waals surface area contributed by atoms with Crippen LogP contribution >= 0.6 is 0 Å². The molecular weight excluding hydrogens is 276 g/mol. The Morgan fingerprint density at radius 3 is 2.30 bits per heavy atom. The summed E-state index contributed by atoms with van der Waals surface area (Å²) in [6.45, 7) is 8.29. The molecule has 8 heteroatoms. The second-order valence-electron chi connectivity index (χ2n) is 4.06. The molecule has 0 radical (unpaired) electrons. The van der Waals surface area contributed by atoms with E-state index < -0.39 is 10.8 Å². The molecule has 1 aromatic heterocycles. The van der Waals surface area contributed by atoms with Gasteiger partial charge >= 0.3 is 0 Å². The van der Waals surface area contributed by atoms with Gasteiger partial charge in [0.05, 0.1) is 0 Å². The number of nitrogens with zero attached hydrogens (tertiary/aromatic N) is 4. The summed E-state index contributed by atoms with van der Waals surface area (Å²) in [7, 11) is 0.990. The molecule has 1 aromatic rings. The van der Waals surface area contributed by atoms with E-state index in [-0.39, 0.29) is 0 Å². The van der Waals surface area contributed by atoms with Crippen molar-refractivity contribution < 1.29 is 4.21 Å². The molecule has 0 aliphatic heterocycles. The van der Waals surface area contributed by atoms with Gasteiger partial charge in [0.25, 0.3) is 0 Å². The maximum absolute atomic E-state index is 11.4. The minimum atomic E-state index is -0.785. The van der Waals surface area contributed by atoms with Crippen molar-refractivity contribution in [3.8, 4) is 0 Å². The number of aromatic nitrogens is 3. The van der Waals surface area contributed by atoms with Crippen molar-refractivity contribution in [1.82, 2.24) is 15.0 Å². The van der Waals surface area contributed by atoms with Crippen LogP contribution in [0, 0.1) is 0 Å². The summed E-state index contributed by atoms with van der Waals surface area (Å²) in [5.41, 5.74) is 0. The molecule has 1 heterocycles. The molecule has 0 fully saturated rings. The Bertz CT molecular complexity index is 438. The zero-order valence-corrected chi connectivity index (χ0v) is 13.5. The quantitative estimate of drug-likeness (QED) is 0.702. The molecule has 0 amide bonds. The fourth-order valence-electron chi connectivity index (χ4n) is 1.62. The van der Waals surface area contributed by atoms with Crippen LogP contribution in [0.25, 0.3) is 0 Å². The lowest BCUT2D eigenvalue weighted by molar-refractivity contribution is 0.684. The van der Waals surface area contributed by atoms with Gasteiger partial charge in [0.2, 0.25) is 17.8 Å². The average Bonchev–Trinajstić information content (AvgIpc) is 2.48. The number of nitrogens with one attached hydrogen (secondary N) is 2. The predicted molar refractivity (Wildman–Crippen MR) is 85.0 cm³/mol. The third-order valence-electron chi connectivity index (χ3n) is 2.83. The molecule has 0 spiro atoms. The molecule has 7 nitrogen and oxygen atoms in total. The Hall–Kier alpha value is -1.44. The third-order valence-corrected chi connectivity index (χ3v) is 4.13. The highest BCUT2D eigenvalue weighted by Gasteiger charge is 2.10. The van der Waals surface area contributed by atoms with Gasteiger partial charge in [-0.3, -0.25) is 4.21 Å². The summed E-state index contributed by atoms with van der Waals surface area (Å²) in [4.78, 5) is 15.1. The van der Waals surface area contributed by atoms with Crippen LogP contribution in [-0.2, 0) is 10.8 Å². The molecule has 0 aliphatic rings. The van der Waals surface area contributed by atoms with E-state index in [0.29, 0.717) is 35.9 Å². The van der Waals surface area contributed by atoms with E-state index in [2.05, 4.69) is 44.3 Å². The van der Waals surface area contributed by atoms with Crippen molar-refractivity contribution in [3.05, 3.63) is 0 Å². The lowest BCUT2D eigenvalue weighted by Crippen LogP contribution is -2.25. The van der Waals surface area contributed by atoms with Crippen LogP contribution < -0.4 is 15.5 Å². The van der Waals surface area contributed by atoms with Crippen molar-refractivity contribution in [1.29, 1.82) is 0 Å². The minimum absolute atomic E-state index is 0.513. The van der Waals surface area contributed by atoms with Crippen LogP contribution in [-0.4, -0.2) is 57.3 Å². The summed E-state index contributed by atoms with van der Waals surface area (Å²) < 4.78 is 11.4. The van der Waals surface area contributed by atoms with Crippen molar-refractivity contribution in [3.63, 3.8) is 0 Å². The summed E-state index contributed by atoms with van der Waals surface area (Å²) in [5.74, 6) is 2.96. The molecule has 2 N–H and O–H groups in total. The van der Waals surface area contributed by atoms with Gasteiger partial charge in [-0.25, -0.2) is 0 Å². The largest absolute Gasteiger partial charge is 0.357 e. The number of anilines is 3. The van der Waals surface area contributed by atoms with Gasteiger partial charge in [-0.2, -0.15) is 15.0 Å². The summed E-state index contributed by atoms with van der Waals surface area (Å²) >= 11 is 0. The second kappa shape index (κ2) is 8.68. The van der Waals surface area contributed by atoms with Crippen LogP contribution in [0.5, 0.6) is 0 Å². The highest BCUT2D eigenvalue weighted by Crippen LogP contribution is 2.12. The maximum atomic E-state index is 11.4. The lowest BCUT2D eigenvalue weighted by Gasteiger charge is -2.19. The molecule has 0 bridgehead atoms. The highest BCUT2D eigenvalue weighted by atomic mass is 32.2. The van der Waals surface area contributed by atoms with Crippen LogP contribution in [0.4, 0.5) is 17.8 Å². The molecule has 0 saturated carbocycles. The normalized spacial score (nSPS) is 12.0. The summed E-state index contributed by atoms with van der Waals surface area (Å²) in [5, 5.41) is 6.04. The van der Waals surface area contributed by atoms with Gasteiger partial charge in [0.15, 0.2) is 0 Å². The molecule has 0 saturated heterocycles. The molecule has 1 unspecified atom stereocenters. The number of rotatable bonds is 9. The molecule has 114 valence electrons. The third kappa shape index (κ3) is 4.92. The molecule has 0 aromatic carbocycles. The van der Waals surface area contributed by atoms with Gasteiger partial charge in [0, 0.05) is 49.0 Å². The van der Waals surface area contributed by atoms with E-state index in [1.165, 1.54) is 0 Å². The summed E-state index contributed by atoms with van der Waals surface area (Å²) in [6, 6.07) is 0. The van der Waals surface area contributed by atoms with E-state index in [0.717, 1.165) is 13.1 Å². The van der Waals surface area contributed by atoms with E-state index in [9.17, 15) is 4.21 Å². The molecule has 20 heavy (non-hydrogen) atoms. The van der Waals surface area contributed by atoms with Crippen molar-refractivity contribution in [2.24, 2.45) is 0 Å². The Balaban J connectivity index is 2.79. The topological polar surface area (TPSA) is 83.0 Å². The van der Waals surface area contributed by atoms with Crippen LogP contribution in [0.2, 0.25) is 0 Å². The van der Waals surface area contributed by atoms with Gasteiger partial charge in [-0.05, 0) is 13.8 Å². The highest BCUT2D eigenvalue weighted by molar-refractivity contribution is 7.84. The molecule has 0 aliphatic carbocycles. The van der Waals surface area contributed by atoms with Crippen LogP contribution in [0.1, 0.15) is 20.8 Å². The van der Waals surface area contributed by atoms with E-state index in [1.807, 2.05) is 6.92 Å². The second-order valence-corrected chi connectivity index (χ2v) is 5.93. The average molecular weight is 300 g/mol. The fourth-order valence-corrected chi connectivity index (χ4v) is 2.24. The Morgan fingerprint density at radius 1 is 1.10 bits per heavy atom. The maximum Gasteiger partial charge on any atom is 0.231 e. The first-order valence-corrected chi connectivity index (χ1v) is 8.40. The lowest BCUT2D eigenvalue weighted by atomic mass is 10.5. The van der Waals surface area contributed by atoms with Gasteiger partial charge in [-0.15, -0.1) is 0 Å². The summed E-state index contributed by atoms with van der Waals surface area (Å²) in [6.07, 6.45) is 0. The van der Waals surface area contributed by atoms with Crippen LogP contribution in [0.3, 0.4) is 0 Å². The predicted octanol–water partition coefficient (Wildman–Crippen LogP) is 0.940. The SMILES string of the molecule is CCN(CC)c1nc(NC)nc(NCCS(=O)CC)n1. The molecule has 1 rings (SSSR count).